The number of thiophene rings is 1. The number of nitrogens with zero attached hydrogens (tertiary/aromatic N) is 1. The van der Waals surface area contributed by atoms with Crippen molar-refractivity contribution in [2.45, 2.75) is 53.1 Å². The number of aliphatic hydroxyl groups is 1. The number of aliphatic imine (C=N–C) groups is 1. The van der Waals surface area contributed by atoms with Crippen molar-refractivity contribution in [3.05, 3.63) is 21.5 Å². The van der Waals surface area contributed by atoms with Crippen LogP contribution in [0, 0.1) is 5.41 Å². The van der Waals surface area contributed by atoms with E-state index in [2.05, 4.69) is 17.2 Å². The van der Waals surface area contributed by atoms with Crippen molar-refractivity contribution in [3.8, 4) is 0 Å². The Morgan fingerprint density at radius 3 is 2.65 bits per heavy atom. The van der Waals surface area contributed by atoms with Crippen LogP contribution in [0.5, 0.6) is 0 Å². The molecule has 0 saturated heterocycles. The van der Waals surface area contributed by atoms with Crippen LogP contribution in [0.2, 0.25) is 0 Å². The van der Waals surface area contributed by atoms with Gasteiger partial charge >= 0.3 is 0 Å². The lowest BCUT2D eigenvalue weighted by molar-refractivity contribution is 0.102. The fourth-order valence-corrected chi connectivity index (χ4v) is 3.56. The van der Waals surface area contributed by atoms with Crippen molar-refractivity contribution in [1.82, 2.24) is 5.32 Å². The molecule has 0 fully saturated rings. The van der Waals surface area contributed by atoms with Crippen molar-refractivity contribution in [2.75, 3.05) is 13.1 Å². The van der Waals surface area contributed by atoms with Gasteiger partial charge in [0.05, 0.1) is 16.7 Å². The van der Waals surface area contributed by atoms with Crippen LogP contribution in [-0.4, -0.2) is 42.0 Å². The first kappa shape index (κ1) is 22.2. The Bertz CT molecular complexity index is 688. The molecule has 0 spiro atoms. The van der Waals surface area contributed by atoms with E-state index in [1.807, 2.05) is 13.0 Å². The summed E-state index contributed by atoms with van der Waals surface area (Å²) in [7, 11) is 0. The van der Waals surface area contributed by atoms with Crippen LogP contribution in [0.3, 0.4) is 0 Å². The average Bonchev–Trinajstić information content (AvgIpc) is 2.95. The molecule has 26 heavy (non-hydrogen) atoms. The zero-order valence-electron chi connectivity index (χ0n) is 16.1. The number of aliphatic hydroxyl groups excluding tert-OH is 1. The summed E-state index contributed by atoms with van der Waals surface area (Å²) in [5.74, 6) is -0.0533. The van der Waals surface area contributed by atoms with Gasteiger partial charge in [0.2, 0.25) is 0 Å². The molecule has 0 saturated carbocycles. The SMILES string of the molecule is CCCC(O)CCNC/C(C)=N/c1cc(/C(C=N)=C(\C)N)sc1C(C)=O. The Morgan fingerprint density at radius 2 is 2.12 bits per heavy atom. The molecule has 1 aromatic heterocycles. The molecule has 0 radical (unpaired) electrons. The molecular weight excluding hydrogens is 348 g/mol. The van der Waals surface area contributed by atoms with Gasteiger partial charge in [-0.05, 0) is 39.3 Å². The first-order chi connectivity index (χ1) is 12.3. The molecule has 0 amide bonds. The number of hydrogen-bond donors (Lipinski definition) is 4. The molecule has 1 heterocycles. The van der Waals surface area contributed by atoms with Crippen LogP contribution in [0.4, 0.5) is 5.69 Å². The highest BCUT2D eigenvalue weighted by Crippen LogP contribution is 2.34. The number of hydrogen-bond acceptors (Lipinski definition) is 7. The maximum Gasteiger partial charge on any atom is 0.171 e. The van der Waals surface area contributed by atoms with E-state index in [-0.39, 0.29) is 11.9 Å². The van der Waals surface area contributed by atoms with Gasteiger partial charge in [0.1, 0.15) is 0 Å². The van der Waals surface area contributed by atoms with E-state index in [0.717, 1.165) is 30.0 Å². The highest BCUT2D eigenvalue weighted by molar-refractivity contribution is 7.16. The zero-order valence-corrected chi connectivity index (χ0v) is 16.9. The van der Waals surface area contributed by atoms with Gasteiger partial charge in [0, 0.05) is 41.5 Å². The average molecular weight is 379 g/mol. The van der Waals surface area contributed by atoms with Gasteiger partial charge in [-0.2, -0.15) is 0 Å². The summed E-state index contributed by atoms with van der Waals surface area (Å²) in [6.07, 6.45) is 3.45. The molecule has 6 nitrogen and oxygen atoms in total. The lowest BCUT2D eigenvalue weighted by atomic mass is 10.1. The van der Waals surface area contributed by atoms with E-state index >= 15 is 0 Å². The number of rotatable bonds is 11. The topological polar surface area (TPSA) is 112 Å². The Balaban J connectivity index is 2.85. The second kappa shape index (κ2) is 11.0. The predicted molar refractivity (Wildman–Crippen MR) is 111 cm³/mol. The van der Waals surface area contributed by atoms with Crippen molar-refractivity contribution in [3.63, 3.8) is 0 Å². The van der Waals surface area contributed by atoms with Crippen LogP contribution in [0.15, 0.2) is 16.8 Å². The van der Waals surface area contributed by atoms with Crippen LogP contribution in [0.1, 0.15) is 61.5 Å². The minimum atomic E-state index is -0.265. The van der Waals surface area contributed by atoms with E-state index in [1.165, 1.54) is 24.5 Å². The molecule has 0 aliphatic heterocycles. The monoisotopic (exact) mass is 378 g/mol. The fourth-order valence-electron chi connectivity index (χ4n) is 2.49. The summed E-state index contributed by atoms with van der Waals surface area (Å²) < 4.78 is 0. The summed E-state index contributed by atoms with van der Waals surface area (Å²) in [5.41, 5.74) is 8.44. The lowest BCUT2D eigenvalue weighted by Crippen LogP contribution is -2.25. The summed E-state index contributed by atoms with van der Waals surface area (Å²) in [6, 6.07) is 1.81. The van der Waals surface area contributed by atoms with E-state index in [4.69, 9.17) is 11.1 Å². The molecule has 144 valence electrons. The standard InChI is InChI=1S/C19H30N4O2S/c1-5-6-15(25)7-8-22-11-12(2)23-17-9-18(16(10-20)13(3)21)26-19(17)14(4)24/h9-10,15,20,22,25H,5-8,11,21H2,1-4H3/b16-13+,20-10?,23-12+. The fraction of sp³-hybridized carbons (Fsp3) is 0.526. The highest BCUT2D eigenvalue weighted by atomic mass is 32.1. The molecule has 0 aromatic carbocycles. The third kappa shape index (κ3) is 6.82. The van der Waals surface area contributed by atoms with E-state index in [9.17, 15) is 9.90 Å². The van der Waals surface area contributed by atoms with Gasteiger partial charge in [0.25, 0.3) is 0 Å². The molecule has 5 N–H and O–H groups in total. The first-order valence-electron chi connectivity index (χ1n) is 8.85. The van der Waals surface area contributed by atoms with Gasteiger partial charge in [-0.1, -0.05) is 13.3 Å². The quantitative estimate of drug-likeness (QED) is 0.268. The number of allylic oxidation sites excluding steroid dienone is 2. The molecule has 1 rings (SSSR count). The van der Waals surface area contributed by atoms with Gasteiger partial charge in [-0.15, -0.1) is 11.3 Å². The van der Waals surface area contributed by atoms with Crippen molar-refractivity contribution >= 4 is 40.3 Å². The predicted octanol–water partition coefficient (Wildman–Crippen LogP) is 3.52. The number of carbonyl (C=O) groups is 1. The molecule has 0 aliphatic carbocycles. The molecule has 1 unspecified atom stereocenters. The van der Waals surface area contributed by atoms with Gasteiger partial charge in [0.15, 0.2) is 5.78 Å². The van der Waals surface area contributed by atoms with Crippen molar-refractivity contribution < 1.29 is 9.90 Å². The number of carbonyl (C=O) groups excluding carboxylic acids is 1. The third-order valence-corrected chi connectivity index (χ3v) is 5.09. The maximum atomic E-state index is 11.9. The molecule has 7 heteroatoms. The normalized spacial score (nSPS) is 14.1. The summed E-state index contributed by atoms with van der Waals surface area (Å²) in [5, 5.41) is 20.5. The van der Waals surface area contributed by atoms with E-state index in [1.54, 1.807) is 6.92 Å². The van der Waals surface area contributed by atoms with E-state index < -0.39 is 0 Å². The van der Waals surface area contributed by atoms with Crippen LogP contribution in [0.25, 0.3) is 5.57 Å². The highest BCUT2D eigenvalue weighted by Gasteiger charge is 2.15. The Hall–Kier alpha value is -1.83. The van der Waals surface area contributed by atoms with Crippen LogP contribution >= 0.6 is 11.3 Å². The maximum absolute atomic E-state index is 11.9. The van der Waals surface area contributed by atoms with Crippen LogP contribution in [-0.2, 0) is 0 Å². The van der Waals surface area contributed by atoms with Gasteiger partial charge < -0.3 is 21.6 Å². The number of ketones is 1. The summed E-state index contributed by atoms with van der Waals surface area (Å²) in [6.45, 7) is 8.51. The van der Waals surface area contributed by atoms with Crippen molar-refractivity contribution in [2.24, 2.45) is 10.7 Å². The van der Waals surface area contributed by atoms with E-state index in [0.29, 0.717) is 34.8 Å². The second-order valence-electron chi connectivity index (χ2n) is 6.38. The molecular formula is C19H30N4O2S. The van der Waals surface area contributed by atoms with Crippen molar-refractivity contribution in [1.29, 1.82) is 5.41 Å². The summed E-state index contributed by atoms with van der Waals surface area (Å²) in [4.78, 5) is 17.8. The summed E-state index contributed by atoms with van der Waals surface area (Å²) >= 11 is 1.31. The largest absolute Gasteiger partial charge is 0.402 e. The van der Waals surface area contributed by atoms with Gasteiger partial charge in [-0.3, -0.25) is 9.79 Å². The lowest BCUT2D eigenvalue weighted by Gasteiger charge is -2.09. The number of Topliss-reactive ketones (excluding diaryl/α,β-unsaturated/α-hetero) is 1. The number of nitrogens with one attached hydrogen (secondary N) is 2. The first-order valence-corrected chi connectivity index (χ1v) is 9.66. The Labute approximate surface area is 159 Å². The molecule has 1 aromatic rings. The molecule has 0 aliphatic rings. The number of nitrogens with two attached hydrogens (primary N) is 1. The second-order valence-corrected chi connectivity index (χ2v) is 7.43. The molecule has 0 bridgehead atoms. The minimum absolute atomic E-state index is 0.0533. The van der Waals surface area contributed by atoms with Gasteiger partial charge in [-0.25, -0.2) is 0 Å². The Kier molecular flexibility index (Phi) is 9.40. The third-order valence-electron chi connectivity index (χ3n) is 3.84. The Morgan fingerprint density at radius 1 is 1.42 bits per heavy atom. The molecule has 1 atom stereocenters. The smallest absolute Gasteiger partial charge is 0.171 e. The zero-order chi connectivity index (χ0) is 19.7. The minimum Gasteiger partial charge on any atom is -0.402 e. The van der Waals surface area contributed by atoms with Crippen LogP contribution < -0.4 is 11.1 Å².